The molecule has 0 amide bonds. The Kier molecular flexibility index (Phi) is 6.36. The lowest BCUT2D eigenvalue weighted by Crippen LogP contribution is -2.36. The number of ether oxygens (including phenoxy) is 3. The summed E-state index contributed by atoms with van der Waals surface area (Å²) in [6, 6.07) is 16.0. The first-order valence-corrected chi connectivity index (χ1v) is 9.00. The van der Waals surface area contributed by atoms with Crippen molar-refractivity contribution < 1.29 is 19.3 Å². The highest BCUT2D eigenvalue weighted by Gasteiger charge is 2.30. The van der Waals surface area contributed by atoms with E-state index in [1.165, 1.54) is 12.8 Å². The minimum absolute atomic E-state index is 0.286. The molecule has 140 valence electrons. The average molecular weight is 357 g/mol. The molecular weight excluding hydrogens is 330 g/mol. The maximum absolute atomic E-state index is 10.4. The minimum Gasteiger partial charge on any atom is -0.497 e. The van der Waals surface area contributed by atoms with Gasteiger partial charge in [-0.05, 0) is 42.7 Å². The van der Waals surface area contributed by atoms with Crippen molar-refractivity contribution in [3.05, 3.63) is 54.1 Å². The van der Waals surface area contributed by atoms with Gasteiger partial charge in [0.15, 0.2) is 0 Å². The fraction of sp³-hybridized carbons (Fsp3) is 0.429. The van der Waals surface area contributed by atoms with Crippen LogP contribution in [0.25, 0.3) is 0 Å². The van der Waals surface area contributed by atoms with Gasteiger partial charge in [0.2, 0.25) is 0 Å². The van der Waals surface area contributed by atoms with Gasteiger partial charge >= 0.3 is 0 Å². The summed E-state index contributed by atoms with van der Waals surface area (Å²) >= 11 is 0. The normalized spacial score (nSPS) is 14.9. The van der Waals surface area contributed by atoms with Gasteiger partial charge in [0.1, 0.15) is 30.0 Å². The Morgan fingerprint density at radius 3 is 2.23 bits per heavy atom. The van der Waals surface area contributed by atoms with Crippen LogP contribution in [0.15, 0.2) is 48.5 Å². The van der Waals surface area contributed by atoms with Crippen LogP contribution in [0.1, 0.15) is 18.4 Å². The SMILES string of the molecule is COc1cc(CN(C[C@H](O)COc2ccccc2)C2CC2)cc(OC)c1. The van der Waals surface area contributed by atoms with E-state index in [-0.39, 0.29) is 6.61 Å². The molecule has 0 aliphatic heterocycles. The van der Waals surface area contributed by atoms with Gasteiger partial charge in [-0.1, -0.05) is 18.2 Å². The number of aliphatic hydroxyl groups is 1. The Bertz CT molecular complexity index is 665. The second-order valence-corrected chi connectivity index (χ2v) is 6.66. The van der Waals surface area contributed by atoms with Crippen molar-refractivity contribution >= 4 is 0 Å². The van der Waals surface area contributed by atoms with E-state index in [4.69, 9.17) is 14.2 Å². The molecule has 0 saturated heterocycles. The Morgan fingerprint density at radius 2 is 1.65 bits per heavy atom. The van der Waals surface area contributed by atoms with E-state index in [0.29, 0.717) is 12.6 Å². The van der Waals surface area contributed by atoms with Gasteiger partial charge in [-0.3, -0.25) is 4.90 Å². The smallest absolute Gasteiger partial charge is 0.122 e. The largest absolute Gasteiger partial charge is 0.497 e. The maximum Gasteiger partial charge on any atom is 0.122 e. The Hall–Kier alpha value is -2.24. The van der Waals surface area contributed by atoms with Gasteiger partial charge in [0.25, 0.3) is 0 Å². The lowest BCUT2D eigenvalue weighted by molar-refractivity contribution is 0.0626. The van der Waals surface area contributed by atoms with Gasteiger partial charge in [-0.15, -0.1) is 0 Å². The van der Waals surface area contributed by atoms with Gasteiger partial charge in [0, 0.05) is 25.2 Å². The van der Waals surface area contributed by atoms with Gasteiger partial charge in [-0.2, -0.15) is 0 Å². The predicted molar refractivity (Wildman–Crippen MR) is 101 cm³/mol. The van der Waals surface area contributed by atoms with Crippen LogP contribution in [-0.2, 0) is 6.54 Å². The summed E-state index contributed by atoms with van der Waals surface area (Å²) in [5.74, 6) is 2.34. The Balaban J connectivity index is 1.59. The molecule has 1 aliphatic rings. The molecule has 1 saturated carbocycles. The number of hydrogen-bond acceptors (Lipinski definition) is 5. The molecule has 5 heteroatoms. The van der Waals surface area contributed by atoms with Gasteiger partial charge < -0.3 is 19.3 Å². The summed E-state index contributed by atoms with van der Waals surface area (Å²) in [6.07, 6.45) is 1.81. The van der Waals surface area contributed by atoms with Crippen LogP contribution in [0, 0.1) is 0 Å². The average Bonchev–Trinajstić information content (AvgIpc) is 3.51. The molecule has 1 N–H and O–H groups in total. The Morgan fingerprint density at radius 1 is 1.00 bits per heavy atom. The summed E-state index contributed by atoms with van der Waals surface area (Å²) in [5, 5.41) is 10.4. The van der Waals surface area contributed by atoms with Gasteiger partial charge in [-0.25, -0.2) is 0 Å². The molecule has 26 heavy (non-hydrogen) atoms. The number of para-hydroxylation sites is 1. The third-order valence-electron chi connectivity index (χ3n) is 4.49. The topological polar surface area (TPSA) is 51.2 Å². The van der Waals surface area contributed by atoms with Gasteiger partial charge in [0.05, 0.1) is 14.2 Å². The molecule has 0 heterocycles. The van der Waals surface area contributed by atoms with Crippen molar-refractivity contribution in [1.29, 1.82) is 0 Å². The molecule has 2 aromatic rings. The maximum atomic E-state index is 10.4. The molecule has 5 nitrogen and oxygen atoms in total. The molecule has 0 spiro atoms. The Labute approximate surface area is 155 Å². The van der Waals surface area contributed by atoms with Crippen molar-refractivity contribution in [3.8, 4) is 17.2 Å². The highest BCUT2D eigenvalue weighted by molar-refractivity contribution is 5.38. The summed E-state index contributed by atoms with van der Waals surface area (Å²) in [4.78, 5) is 2.31. The second-order valence-electron chi connectivity index (χ2n) is 6.66. The zero-order valence-corrected chi connectivity index (χ0v) is 15.4. The third kappa shape index (κ3) is 5.38. The summed E-state index contributed by atoms with van der Waals surface area (Å²) < 4.78 is 16.4. The van der Waals surface area contributed by atoms with E-state index in [2.05, 4.69) is 4.90 Å². The van der Waals surface area contributed by atoms with Crippen LogP contribution in [0.2, 0.25) is 0 Å². The molecule has 1 atom stereocenters. The lowest BCUT2D eigenvalue weighted by atomic mass is 10.1. The van der Waals surface area contributed by atoms with Crippen LogP contribution in [0.3, 0.4) is 0 Å². The first kappa shape index (κ1) is 18.5. The van der Waals surface area contributed by atoms with Crippen molar-refractivity contribution in [2.24, 2.45) is 0 Å². The first-order valence-electron chi connectivity index (χ1n) is 9.00. The molecule has 0 aromatic heterocycles. The number of rotatable bonds is 10. The van der Waals surface area contributed by atoms with E-state index >= 15 is 0 Å². The summed E-state index contributed by atoms with van der Waals surface area (Å²) in [6.45, 7) is 1.62. The van der Waals surface area contributed by atoms with Crippen LogP contribution in [0.4, 0.5) is 0 Å². The number of hydrogen-bond donors (Lipinski definition) is 1. The number of nitrogens with zero attached hydrogens (tertiary/aromatic N) is 1. The summed E-state index contributed by atoms with van der Waals surface area (Å²) in [7, 11) is 3.31. The zero-order chi connectivity index (χ0) is 18.4. The molecule has 2 aromatic carbocycles. The lowest BCUT2D eigenvalue weighted by Gasteiger charge is -2.25. The minimum atomic E-state index is -0.539. The molecule has 0 radical (unpaired) electrons. The zero-order valence-electron chi connectivity index (χ0n) is 15.4. The molecular formula is C21H27NO4. The third-order valence-corrected chi connectivity index (χ3v) is 4.49. The molecule has 0 unspecified atom stereocenters. The highest BCUT2D eigenvalue weighted by atomic mass is 16.5. The molecule has 1 fully saturated rings. The van der Waals surface area contributed by atoms with Crippen LogP contribution in [0.5, 0.6) is 17.2 Å². The van der Waals surface area contributed by atoms with Crippen LogP contribution < -0.4 is 14.2 Å². The van der Waals surface area contributed by atoms with E-state index in [9.17, 15) is 5.11 Å². The van der Waals surface area contributed by atoms with Crippen molar-refractivity contribution in [3.63, 3.8) is 0 Å². The first-order chi connectivity index (χ1) is 12.7. The standard InChI is InChI=1S/C21H27NO4/c1-24-20-10-16(11-21(12-20)25-2)13-22(17-8-9-17)14-18(23)15-26-19-6-4-3-5-7-19/h3-7,10-12,17-18,23H,8-9,13-15H2,1-2H3/t18-/m0/s1. The number of benzene rings is 2. The fourth-order valence-electron chi connectivity index (χ4n) is 3.01. The highest BCUT2D eigenvalue weighted by Crippen LogP contribution is 2.30. The number of methoxy groups -OCH3 is 2. The monoisotopic (exact) mass is 357 g/mol. The molecule has 3 rings (SSSR count). The molecule has 1 aliphatic carbocycles. The van der Waals surface area contributed by atoms with E-state index in [1.54, 1.807) is 14.2 Å². The van der Waals surface area contributed by atoms with E-state index in [1.807, 2.05) is 48.5 Å². The van der Waals surface area contributed by atoms with Crippen LogP contribution >= 0.6 is 0 Å². The van der Waals surface area contributed by atoms with E-state index < -0.39 is 6.10 Å². The molecule has 0 bridgehead atoms. The van der Waals surface area contributed by atoms with Crippen molar-refractivity contribution in [1.82, 2.24) is 4.90 Å². The van der Waals surface area contributed by atoms with E-state index in [0.717, 1.165) is 29.4 Å². The van der Waals surface area contributed by atoms with Crippen molar-refractivity contribution in [2.45, 2.75) is 31.5 Å². The number of aliphatic hydroxyl groups excluding tert-OH is 1. The van der Waals surface area contributed by atoms with Crippen molar-refractivity contribution in [2.75, 3.05) is 27.4 Å². The quantitative estimate of drug-likeness (QED) is 0.708. The van der Waals surface area contributed by atoms with Crippen LogP contribution in [-0.4, -0.2) is 49.5 Å². The fourth-order valence-corrected chi connectivity index (χ4v) is 3.01. The predicted octanol–water partition coefficient (Wildman–Crippen LogP) is 3.11. The second kappa shape index (κ2) is 8.92. The summed E-state index contributed by atoms with van der Waals surface area (Å²) in [5.41, 5.74) is 1.12.